The minimum atomic E-state index is 0.138. The maximum Gasteiger partial charge on any atom is 0.0596 e. The van der Waals surface area contributed by atoms with Crippen LogP contribution in [0.15, 0.2) is 0 Å². The summed E-state index contributed by atoms with van der Waals surface area (Å²) in [5, 5.41) is 9.73. The highest BCUT2D eigenvalue weighted by atomic mass is 16.5. The van der Waals surface area contributed by atoms with Crippen LogP contribution in [0.25, 0.3) is 0 Å². The standard InChI is InChI=1S/C15H31NO2/c1-13(2)18-10-9-16(4)11-15(12-17)7-5-14(3)6-8-15/h13-14,17H,5-12H2,1-4H3. The number of ether oxygens (including phenoxy) is 1. The summed E-state index contributed by atoms with van der Waals surface area (Å²) < 4.78 is 5.58. The van der Waals surface area contributed by atoms with Crippen LogP contribution in [0.2, 0.25) is 0 Å². The highest BCUT2D eigenvalue weighted by Crippen LogP contribution is 2.38. The number of hydrogen-bond acceptors (Lipinski definition) is 3. The van der Waals surface area contributed by atoms with Crippen molar-refractivity contribution < 1.29 is 9.84 Å². The Hall–Kier alpha value is -0.120. The van der Waals surface area contributed by atoms with Gasteiger partial charge in [-0.25, -0.2) is 0 Å². The molecule has 3 nitrogen and oxygen atoms in total. The molecule has 0 aromatic carbocycles. The summed E-state index contributed by atoms with van der Waals surface area (Å²) in [6.45, 7) is 9.52. The SMILES string of the molecule is CC1CCC(CO)(CN(C)CCOC(C)C)CC1. The molecule has 1 aliphatic carbocycles. The lowest BCUT2D eigenvalue weighted by Gasteiger charge is -2.40. The molecule has 0 atom stereocenters. The molecule has 0 bridgehead atoms. The Morgan fingerprint density at radius 2 is 1.94 bits per heavy atom. The molecule has 0 amide bonds. The molecular formula is C15H31NO2. The molecule has 0 saturated heterocycles. The van der Waals surface area contributed by atoms with E-state index in [9.17, 15) is 5.11 Å². The molecule has 0 heterocycles. The molecule has 1 N–H and O–H groups in total. The zero-order chi connectivity index (χ0) is 13.6. The summed E-state index contributed by atoms with van der Waals surface area (Å²) in [4.78, 5) is 2.31. The van der Waals surface area contributed by atoms with E-state index in [1.54, 1.807) is 0 Å². The topological polar surface area (TPSA) is 32.7 Å². The highest BCUT2D eigenvalue weighted by molar-refractivity contribution is 4.86. The molecule has 0 aromatic heterocycles. The van der Waals surface area contributed by atoms with E-state index in [0.29, 0.717) is 12.7 Å². The van der Waals surface area contributed by atoms with Gasteiger partial charge in [-0.1, -0.05) is 19.8 Å². The Kier molecular flexibility index (Phi) is 6.61. The number of nitrogens with zero attached hydrogens (tertiary/aromatic N) is 1. The highest BCUT2D eigenvalue weighted by Gasteiger charge is 2.34. The first-order valence-corrected chi connectivity index (χ1v) is 7.38. The van der Waals surface area contributed by atoms with Crippen molar-refractivity contribution >= 4 is 0 Å². The molecule has 1 fully saturated rings. The fourth-order valence-corrected chi connectivity index (χ4v) is 2.84. The Balaban J connectivity index is 2.33. The second-order valence-corrected chi connectivity index (χ2v) is 6.50. The maximum absolute atomic E-state index is 9.73. The van der Waals surface area contributed by atoms with E-state index in [4.69, 9.17) is 4.74 Å². The third kappa shape index (κ3) is 5.25. The summed E-state index contributed by atoms with van der Waals surface area (Å²) >= 11 is 0. The quantitative estimate of drug-likeness (QED) is 0.761. The van der Waals surface area contributed by atoms with Gasteiger partial charge < -0.3 is 14.7 Å². The molecule has 0 aromatic rings. The monoisotopic (exact) mass is 257 g/mol. The first-order valence-electron chi connectivity index (χ1n) is 7.38. The Morgan fingerprint density at radius 1 is 1.33 bits per heavy atom. The van der Waals surface area contributed by atoms with Gasteiger partial charge >= 0.3 is 0 Å². The number of likely N-dealkylation sites (N-methyl/N-ethyl adjacent to an activating group) is 1. The minimum Gasteiger partial charge on any atom is -0.396 e. The van der Waals surface area contributed by atoms with Crippen LogP contribution in [0.4, 0.5) is 0 Å². The molecule has 0 spiro atoms. The number of hydrogen-bond donors (Lipinski definition) is 1. The van der Waals surface area contributed by atoms with Gasteiger partial charge in [-0.3, -0.25) is 0 Å². The van der Waals surface area contributed by atoms with Crippen LogP contribution >= 0.6 is 0 Å². The van der Waals surface area contributed by atoms with E-state index in [1.165, 1.54) is 25.7 Å². The van der Waals surface area contributed by atoms with E-state index in [-0.39, 0.29) is 5.41 Å². The molecule has 0 radical (unpaired) electrons. The van der Waals surface area contributed by atoms with Gasteiger partial charge in [-0.2, -0.15) is 0 Å². The third-order valence-corrected chi connectivity index (χ3v) is 4.20. The fraction of sp³-hybridized carbons (Fsp3) is 1.00. The van der Waals surface area contributed by atoms with Crippen molar-refractivity contribution in [3.63, 3.8) is 0 Å². The zero-order valence-corrected chi connectivity index (χ0v) is 12.6. The number of aliphatic hydroxyl groups excluding tert-OH is 1. The molecule has 1 rings (SSSR count). The van der Waals surface area contributed by atoms with Crippen molar-refractivity contribution in [2.75, 3.05) is 33.4 Å². The minimum absolute atomic E-state index is 0.138. The third-order valence-electron chi connectivity index (χ3n) is 4.20. The fourth-order valence-electron chi connectivity index (χ4n) is 2.84. The first kappa shape index (κ1) is 15.9. The molecule has 0 unspecified atom stereocenters. The van der Waals surface area contributed by atoms with Crippen molar-refractivity contribution in [1.29, 1.82) is 0 Å². The molecule has 3 heteroatoms. The molecule has 1 saturated carbocycles. The van der Waals surface area contributed by atoms with Crippen LogP contribution in [-0.4, -0.2) is 49.5 Å². The Morgan fingerprint density at radius 3 is 2.44 bits per heavy atom. The lowest BCUT2D eigenvalue weighted by Crippen LogP contribution is -2.42. The average molecular weight is 257 g/mol. The van der Waals surface area contributed by atoms with Gasteiger partial charge in [0.25, 0.3) is 0 Å². The normalized spacial score (nSPS) is 29.2. The zero-order valence-electron chi connectivity index (χ0n) is 12.6. The molecular weight excluding hydrogens is 226 g/mol. The lowest BCUT2D eigenvalue weighted by molar-refractivity contribution is 0.0181. The van der Waals surface area contributed by atoms with Gasteiger partial charge in [0, 0.05) is 25.1 Å². The number of rotatable bonds is 7. The van der Waals surface area contributed by atoms with Crippen molar-refractivity contribution in [1.82, 2.24) is 4.90 Å². The lowest BCUT2D eigenvalue weighted by atomic mass is 9.71. The molecule has 18 heavy (non-hydrogen) atoms. The van der Waals surface area contributed by atoms with E-state index >= 15 is 0 Å². The predicted molar refractivity (Wildman–Crippen MR) is 75.7 cm³/mol. The van der Waals surface area contributed by atoms with Crippen LogP contribution in [0, 0.1) is 11.3 Å². The second kappa shape index (κ2) is 7.46. The first-order chi connectivity index (χ1) is 8.47. The van der Waals surface area contributed by atoms with E-state index in [2.05, 4.69) is 32.7 Å². The van der Waals surface area contributed by atoms with Crippen LogP contribution in [0.5, 0.6) is 0 Å². The number of aliphatic hydroxyl groups is 1. The maximum atomic E-state index is 9.73. The van der Waals surface area contributed by atoms with E-state index in [1.807, 2.05) is 0 Å². The van der Waals surface area contributed by atoms with Crippen LogP contribution in [0.1, 0.15) is 46.5 Å². The molecule has 0 aliphatic heterocycles. The Labute approximate surface area is 113 Å². The van der Waals surface area contributed by atoms with E-state index in [0.717, 1.165) is 25.6 Å². The summed E-state index contributed by atoms with van der Waals surface area (Å²) in [7, 11) is 2.14. The van der Waals surface area contributed by atoms with Crippen molar-refractivity contribution in [3.8, 4) is 0 Å². The second-order valence-electron chi connectivity index (χ2n) is 6.50. The van der Waals surface area contributed by atoms with Crippen molar-refractivity contribution in [2.24, 2.45) is 11.3 Å². The summed E-state index contributed by atoms with van der Waals surface area (Å²) in [5.74, 6) is 0.833. The summed E-state index contributed by atoms with van der Waals surface area (Å²) in [5.41, 5.74) is 0.138. The molecule has 108 valence electrons. The van der Waals surface area contributed by atoms with Crippen molar-refractivity contribution in [2.45, 2.75) is 52.6 Å². The van der Waals surface area contributed by atoms with Gasteiger partial charge in [-0.15, -0.1) is 0 Å². The largest absolute Gasteiger partial charge is 0.396 e. The van der Waals surface area contributed by atoms with Crippen LogP contribution in [0.3, 0.4) is 0 Å². The molecule has 1 aliphatic rings. The van der Waals surface area contributed by atoms with E-state index < -0.39 is 0 Å². The summed E-state index contributed by atoms with van der Waals surface area (Å²) in [6.07, 6.45) is 5.16. The smallest absolute Gasteiger partial charge is 0.0596 e. The van der Waals surface area contributed by atoms with Gasteiger partial charge in [0.05, 0.1) is 12.7 Å². The van der Waals surface area contributed by atoms with Gasteiger partial charge in [0.15, 0.2) is 0 Å². The van der Waals surface area contributed by atoms with Crippen LogP contribution < -0.4 is 0 Å². The summed E-state index contributed by atoms with van der Waals surface area (Å²) in [6, 6.07) is 0. The van der Waals surface area contributed by atoms with Gasteiger partial charge in [-0.05, 0) is 39.7 Å². The Bertz CT molecular complexity index is 223. The van der Waals surface area contributed by atoms with Crippen LogP contribution in [-0.2, 0) is 4.74 Å². The predicted octanol–water partition coefficient (Wildman–Crippen LogP) is 2.53. The van der Waals surface area contributed by atoms with Gasteiger partial charge in [0.1, 0.15) is 0 Å². The van der Waals surface area contributed by atoms with Gasteiger partial charge in [0.2, 0.25) is 0 Å². The van der Waals surface area contributed by atoms with Crippen molar-refractivity contribution in [3.05, 3.63) is 0 Å². The average Bonchev–Trinajstić information content (AvgIpc) is 2.32.